The molecule has 0 radical (unpaired) electrons. The molecular formula is C69H52N6. The van der Waals surface area contributed by atoms with Gasteiger partial charge in [0.05, 0.1) is 50.2 Å². The molecule has 14 aromatic rings. The molecule has 0 saturated carbocycles. The van der Waals surface area contributed by atoms with Gasteiger partial charge in [0.25, 0.3) is 0 Å². The third-order valence-electron chi connectivity index (χ3n) is 15.2. The summed E-state index contributed by atoms with van der Waals surface area (Å²) in [6.45, 7) is 13.1. The fourth-order valence-corrected chi connectivity index (χ4v) is 11.6. The first kappa shape index (κ1) is 44.3. The van der Waals surface area contributed by atoms with E-state index in [9.17, 15) is 0 Å². The number of pyridine rings is 1. The standard InChI is InChI=1S/C69H52N6/c1-41-20-26-60-52(32-41)53-33-42(2)21-27-61(53)73(60)66-39-51(49-18-13-19-50(38-49)59-40-58(47-14-9-7-10-15-47)70-68(71-59)48-16-11-8-12-17-48)67(74-62-28-22-43(3)34-54(62)55-35-44(4)23-29-63(55)74)69(72-66)75-64-30-24-45(5)36-56(64)57-37-46(6)25-31-65(57)75/h7-40H,1-6H3. The Morgan fingerprint density at radius 1 is 0.280 bits per heavy atom. The molecule has 0 aliphatic heterocycles. The van der Waals surface area contributed by atoms with Crippen LogP contribution in [0.1, 0.15) is 33.4 Å². The Bertz CT molecular complexity index is 4410. The second kappa shape index (κ2) is 17.1. The quantitative estimate of drug-likeness (QED) is 0.160. The molecule has 6 heteroatoms. The number of hydrogen-bond acceptors (Lipinski definition) is 3. The van der Waals surface area contributed by atoms with Crippen molar-refractivity contribution in [3.8, 4) is 62.4 Å². The molecule has 0 atom stereocenters. The van der Waals surface area contributed by atoms with Crippen molar-refractivity contribution in [2.75, 3.05) is 0 Å². The van der Waals surface area contributed by atoms with E-state index in [0.717, 1.165) is 89.6 Å². The normalized spacial score (nSPS) is 11.9. The molecule has 358 valence electrons. The molecule has 75 heavy (non-hydrogen) atoms. The first-order valence-electron chi connectivity index (χ1n) is 25.8. The van der Waals surface area contributed by atoms with E-state index in [0.29, 0.717) is 5.82 Å². The van der Waals surface area contributed by atoms with Gasteiger partial charge in [-0.25, -0.2) is 15.0 Å². The number of fused-ring (bicyclic) bond motifs is 9. The highest BCUT2D eigenvalue weighted by molar-refractivity contribution is 6.13. The van der Waals surface area contributed by atoms with Gasteiger partial charge in [0.1, 0.15) is 5.82 Å². The summed E-state index contributed by atoms with van der Waals surface area (Å²) in [7, 11) is 0. The smallest absolute Gasteiger partial charge is 0.165 e. The minimum absolute atomic E-state index is 0.677. The highest BCUT2D eigenvalue weighted by Gasteiger charge is 2.27. The van der Waals surface area contributed by atoms with E-state index < -0.39 is 0 Å². The first-order valence-corrected chi connectivity index (χ1v) is 25.8. The van der Waals surface area contributed by atoms with Gasteiger partial charge in [-0.3, -0.25) is 9.13 Å². The molecule has 14 rings (SSSR count). The van der Waals surface area contributed by atoms with E-state index in [-0.39, 0.29) is 0 Å². The zero-order valence-electron chi connectivity index (χ0n) is 42.8. The Morgan fingerprint density at radius 2 is 0.653 bits per heavy atom. The minimum Gasteiger partial charge on any atom is -0.305 e. The van der Waals surface area contributed by atoms with E-state index in [2.05, 4.69) is 237 Å². The summed E-state index contributed by atoms with van der Waals surface area (Å²) in [6.07, 6.45) is 0. The molecule has 6 nitrogen and oxygen atoms in total. The van der Waals surface area contributed by atoms with Gasteiger partial charge in [0, 0.05) is 54.6 Å². The van der Waals surface area contributed by atoms with Crippen molar-refractivity contribution < 1.29 is 0 Å². The molecule has 0 aliphatic carbocycles. The van der Waals surface area contributed by atoms with Gasteiger partial charge >= 0.3 is 0 Å². The lowest BCUT2D eigenvalue weighted by atomic mass is 9.99. The number of aromatic nitrogens is 6. The average Bonchev–Trinajstić information content (AvgIpc) is 4.06. The average molecular weight is 965 g/mol. The topological polar surface area (TPSA) is 53.5 Å². The summed E-state index contributed by atoms with van der Waals surface area (Å²) >= 11 is 0. The first-order chi connectivity index (χ1) is 36.6. The number of rotatable bonds is 7. The van der Waals surface area contributed by atoms with E-state index in [1.807, 2.05) is 24.3 Å². The van der Waals surface area contributed by atoms with Crippen LogP contribution in [-0.4, -0.2) is 28.7 Å². The molecule has 0 bridgehead atoms. The van der Waals surface area contributed by atoms with Gasteiger partial charge in [-0.1, -0.05) is 149 Å². The van der Waals surface area contributed by atoms with Gasteiger partial charge in [0.15, 0.2) is 11.6 Å². The summed E-state index contributed by atoms with van der Waals surface area (Å²) in [6, 6.07) is 75.2. The number of aryl methyl sites for hydroxylation is 6. The van der Waals surface area contributed by atoms with Crippen LogP contribution in [0, 0.1) is 41.5 Å². The highest BCUT2D eigenvalue weighted by atomic mass is 15.2. The molecule has 0 N–H and O–H groups in total. The molecular weight excluding hydrogens is 913 g/mol. The predicted molar refractivity (Wildman–Crippen MR) is 313 cm³/mol. The van der Waals surface area contributed by atoms with E-state index in [1.54, 1.807) is 0 Å². The fourth-order valence-electron chi connectivity index (χ4n) is 11.6. The van der Waals surface area contributed by atoms with Crippen molar-refractivity contribution >= 4 is 65.4 Å². The summed E-state index contributed by atoms with van der Waals surface area (Å²) in [5, 5.41) is 7.19. The molecule has 0 fully saturated rings. The lowest BCUT2D eigenvalue weighted by molar-refractivity contribution is 0.984. The van der Waals surface area contributed by atoms with Crippen LogP contribution in [0.15, 0.2) is 206 Å². The minimum atomic E-state index is 0.677. The molecule has 5 heterocycles. The Hall–Kier alpha value is -9.39. The predicted octanol–water partition coefficient (Wildman–Crippen LogP) is 17.7. The lowest BCUT2D eigenvalue weighted by Gasteiger charge is -2.22. The maximum Gasteiger partial charge on any atom is 0.165 e. The summed E-state index contributed by atoms with van der Waals surface area (Å²) in [5.41, 5.74) is 21.6. The van der Waals surface area contributed by atoms with Gasteiger partial charge in [-0.2, -0.15) is 0 Å². The molecule has 0 saturated heterocycles. The molecule has 0 amide bonds. The summed E-state index contributed by atoms with van der Waals surface area (Å²) in [4.78, 5) is 16.6. The van der Waals surface area contributed by atoms with Crippen LogP contribution in [0.2, 0.25) is 0 Å². The van der Waals surface area contributed by atoms with E-state index in [1.165, 1.54) is 65.7 Å². The monoisotopic (exact) mass is 964 g/mol. The number of nitrogens with zero attached hydrogens (tertiary/aromatic N) is 6. The van der Waals surface area contributed by atoms with Crippen molar-refractivity contribution in [1.82, 2.24) is 28.7 Å². The summed E-state index contributed by atoms with van der Waals surface area (Å²) < 4.78 is 7.30. The fraction of sp³-hybridized carbons (Fsp3) is 0.0870. The second-order valence-electron chi connectivity index (χ2n) is 20.6. The van der Waals surface area contributed by atoms with E-state index >= 15 is 0 Å². The van der Waals surface area contributed by atoms with Crippen LogP contribution in [0.3, 0.4) is 0 Å². The Labute approximate surface area is 435 Å². The Kier molecular flexibility index (Phi) is 10.1. The lowest BCUT2D eigenvalue weighted by Crippen LogP contribution is -2.11. The van der Waals surface area contributed by atoms with Gasteiger partial charge in [-0.15, -0.1) is 0 Å². The third-order valence-corrected chi connectivity index (χ3v) is 15.2. The zero-order chi connectivity index (χ0) is 50.6. The largest absolute Gasteiger partial charge is 0.305 e. The van der Waals surface area contributed by atoms with Gasteiger partial charge < -0.3 is 4.57 Å². The molecule has 0 unspecified atom stereocenters. The second-order valence-corrected chi connectivity index (χ2v) is 20.6. The number of benzene rings is 9. The van der Waals surface area contributed by atoms with E-state index in [4.69, 9.17) is 15.0 Å². The highest BCUT2D eigenvalue weighted by Crippen LogP contribution is 2.45. The zero-order valence-corrected chi connectivity index (χ0v) is 42.8. The van der Waals surface area contributed by atoms with Crippen molar-refractivity contribution in [2.24, 2.45) is 0 Å². The van der Waals surface area contributed by atoms with Crippen LogP contribution in [0.5, 0.6) is 0 Å². The van der Waals surface area contributed by atoms with Crippen LogP contribution >= 0.6 is 0 Å². The van der Waals surface area contributed by atoms with Crippen molar-refractivity contribution in [2.45, 2.75) is 41.5 Å². The van der Waals surface area contributed by atoms with Gasteiger partial charge in [0.2, 0.25) is 0 Å². The van der Waals surface area contributed by atoms with Crippen molar-refractivity contribution in [3.63, 3.8) is 0 Å². The van der Waals surface area contributed by atoms with Crippen LogP contribution < -0.4 is 0 Å². The molecule has 9 aromatic carbocycles. The summed E-state index contributed by atoms with van der Waals surface area (Å²) in [5.74, 6) is 2.33. The van der Waals surface area contributed by atoms with Crippen molar-refractivity contribution in [3.05, 3.63) is 240 Å². The SMILES string of the molecule is Cc1ccc2c(c1)c1cc(C)ccc1n2-c1cc(-c2cccc(-c3cc(-c4ccccc4)nc(-c4ccccc4)n3)c2)c(-n2c3ccc(C)cc3c3cc(C)ccc32)c(-n2c3ccc(C)cc3c3cc(C)ccc32)n1. The maximum atomic E-state index is 6.09. The van der Waals surface area contributed by atoms with Crippen LogP contribution in [0.25, 0.3) is 128 Å². The third kappa shape index (κ3) is 7.27. The van der Waals surface area contributed by atoms with Gasteiger partial charge in [-0.05, 0) is 138 Å². The Balaban J connectivity index is 1.16. The van der Waals surface area contributed by atoms with Crippen LogP contribution in [-0.2, 0) is 0 Å². The molecule has 0 spiro atoms. The Morgan fingerprint density at radius 3 is 1.11 bits per heavy atom. The molecule has 5 aromatic heterocycles. The van der Waals surface area contributed by atoms with Crippen LogP contribution in [0.4, 0.5) is 0 Å². The molecule has 0 aliphatic rings. The maximum absolute atomic E-state index is 6.09. The number of hydrogen-bond donors (Lipinski definition) is 0. The van der Waals surface area contributed by atoms with Crippen molar-refractivity contribution in [1.29, 1.82) is 0 Å².